The minimum absolute atomic E-state index is 0.326. The van der Waals surface area contributed by atoms with E-state index in [2.05, 4.69) is 0 Å². The van der Waals surface area contributed by atoms with Gasteiger partial charge in [-0.1, -0.05) is 20.3 Å². The molecule has 6 heteroatoms. The van der Waals surface area contributed by atoms with Gasteiger partial charge < -0.3 is 9.47 Å². The molecule has 0 aromatic heterocycles. The van der Waals surface area contributed by atoms with Crippen molar-refractivity contribution >= 4 is 5.90 Å². The third kappa shape index (κ3) is 1.26. The highest BCUT2D eigenvalue weighted by molar-refractivity contribution is 5.88. The first-order chi connectivity index (χ1) is 9.38. The fourth-order valence-corrected chi connectivity index (χ4v) is 3.33. The standard InChI is InChI=1S/C14H16N4O2/c1-4-5-10-14(8-17)11(18)20-12(3,19-10)9(2)13(14,6-15)7-16/h9-10,18H,4-5H2,1-3H3/t9-,10+,12-,14-/m0/s1. The smallest absolute Gasteiger partial charge is 0.214 e. The zero-order valence-electron chi connectivity index (χ0n) is 11.7. The summed E-state index contributed by atoms with van der Waals surface area (Å²) in [5.41, 5.74) is -3.30. The number of rotatable bonds is 2. The summed E-state index contributed by atoms with van der Waals surface area (Å²) in [5, 5.41) is 37.0. The van der Waals surface area contributed by atoms with Crippen LogP contribution in [0.25, 0.3) is 0 Å². The summed E-state index contributed by atoms with van der Waals surface area (Å²) in [6.45, 7) is 5.21. The summed E-state index contributed by atoms with van der Waals surface area (Å²) in [6, 6.07) is 6.01. The van der Waals surface area contributed by atoms with Crippen LogP contribution in [0.3, 0.4) is 0 Å². The predicted molar refractivity (Wildman–Crippen MR) is 67.9 cm³/mol. The Morgan fingerprint density at radius 3 is 2.30 bits per heavy atom. The van der Waals surface area contributed by atoms with Gasteiger partial charge in [-0.05, 0) is 6.42 Å². The zero-order valence-corrected chi connectivity index (χ0v) is 11.7. The molecule has 0 spiro atoms. The molecule has 3 rings (SSSR count). The number of hydrogen-bond acceptors (Lipinski definition) is 6. The Hall–Kier alpha value is -2.10. The van der Waals surface area contributed by atoms with Crippen molar-refractivity contribution in [1.82, 2.24) is 0 Å². The first-order valence-electron chi connectivity index (χ1n) is 6.58. The summed E-state index contributed by atoms with van der Waals surface area (Å²) >= 11 is 0. The van der Waals surface area contributed by atoms with Crippen LogP contribution < -0.4 is 0 Å². The van der Waals surface area contributed by atoms with Gasteiger partial charge in [-0.15, -0.1) is 0 Å². The first-order valence-corrected chi connectivity index (χ1v) is 6.58. The van der Waals surface area contributed by atoms with Crippen LogP contribution in [0.2, 0.25) is 0 Å². The highest BCUT2D eigenvalue weighted by atomic mass is 16.7. The largest absolute Gasteiger partial charge is 0.448 e. The van der Waals surface area contributed by atoms with Crippen LogP contribution in [0.5, 0.6) is 0 Å². The lowest BCUT2D eigenvalue weighted by molar-refractivity contribution is -0.336. The number of hydrogen-bond donors (Lipinski definition) is 1. The lowest BCUT2D eigenvalue weighted by Gasteiger charge is -2.60. The molecule has 3 aliphatic rings. The van der Waals surface area contributed by atoms with E-state index in [1.807, 2.05) is 25.1 Å². The molecule has 3 heterocycles. The maximum Gasteiger partial charge on any atom is 0.214 e. The molecule has 2 bridgehead atoms. The van der Waals surface area contributed by atoms with Gasteiger partial charge in [0.1, 0.15) is 0 Å². The molecule has 3 saturated heterocycles. The van der Waals surface area contributed by atoms with Gasteiger partial charge in [0.15, 0.2) is 10.8 Å². The predicted octanol–water partition coefficient (Wildman–Crippen LogP) is 2.09. The molecule has 0 aromatic rings. The van der Waals surface area contributed by atoms with Crippen LogP contribution in [0.4, 0.5) is 0 Å². The summed E-state index contributed by atoms with van der Waals surface area (Å²) in [6.07, 6.45) is 0.533. The summed E-state index contributed by atoms with van der Waals surface area (Å²) in [5.74, 6) is -2.18. The molecule has 0 aromatic carbocycles. The van der Waals surface area contributed by atoms with Crippen LogP contribution >= 0.6 is 0 Å². The van der Waals surface area contributed by atoms with E-state index in [1.54, 1.807) is 13.8 Å². The summed E-state index contributed by atoms with van der Waals surface area (Å²) in [4.78, 5) is 0. The quantitative estimate of drug-likeness (QED) is 0.826. The Morgan fingerprint density at radius 1 is 1.25 bits per heavy atom. The lowest BCUT2D eigenvalue weighted by atomic mass is 9.51. The lowest BCUT2D eigenvalue weighted by Crippen LogP contribution is -2.73. The number of fused-ring (bicyclic) bond motifs is 3. The second kappa shape index (κ2) is 4.20. The van der Waals surface area contributed by atoms with Crippen LogP contribution in [0.15, 0.2) is 0 Å². The van der Waals surface area contributed by atoms with E-state index < -0.39 is 28.6 Å². The van der Waals surface area contributed by atoms with Gasteiger partial charge in [-0.25, -0.2) is 0 Å². The van der Waals surface area contributed by atoms with Crippen LogP contribution in [-0.4, -0.2) is 17.8 Å². The van der Waals surface area contributed by atoms with Gasteiger partial charge in [0.2, 0.25) is 11.7 Å². The van der Waals surface area contributed by atoms with Gasteiger partial charge in [-0.3, -0.25) is 5.41 Å². The molecule has 0 unspecified atom stereocenters. The SMILES string of the molecule is CCC[C@H]1O[C@@]2(C)OC(=N)[C@@]1(C#N)C(C#N)(C#N)[C@H]2C. The molecule has 0 amide bonds. The molecule has 20 heavy (non-hydrogen) atoms. The minimum atomic E-state index is -1.66. The van der Waals surface area contributed by atoms with Crippen molar-refractivity contribution in [3.05, 3.63) is 0 Å². The monoisotopic (exact) mass is 272 g/mol. The molecular weight excluding hydrogens is 256 g/mol. The van der Waals surface area contributed by atoms with E-state index in [0.29, 0.717) is 6.42 Å². The average molecular weight is 272 g/mol. The van der Waals surface area contributed by atoms with E-state index in [-0.39, 0.29) is 5.90 Å². The van der Waals surface area contributed by atoms with E-state index in [1.165, 1.54) is 0 Å². The highest BCUT2D eigenvalue weighted by Crippen LogP contribution is 2.62. The molecule has 4 atom stereocenters. The van der Waals surface area contributed by atoms with Gasteiger partial charge in [0, 0.05) is 6.92 Å². The van der Waals surface area contributed by atoms with Crippen molar-refractivity contribution in [2.24, 2.45) is 16.7 Å². The second-order valence-corrected chi connectivity index (χ2v) is 5.52. The topological polar surface area (TPSA) is 114 Å². The molecule has 3 fully saturated rings. The van der Waals surface area contributed by atoms with Crippen LogP contribution in [-0.2, 0) is 9.47 Å². The van der Waals surface area contributed by atoms with E-state index >= 15 is 0 Å². The molecule has 0 aliphatic carbocycles. The fourth-order valence-electron chi connectivity index (χ4n) is 3.33. The summed E-state index contributed by atoms with van der Waals surface area (Å²) in [7, 11) is 0. The van der Waals surface area contributed by atoms with Gasteiger partial charge in [-0.2, -0.15) is 15.8 Å². The zero-order chi connectivity index (χ0) is 15.2. The minimum Gasteiger partial charge on any atom is -0.448 e. The Labute approximate surface area is 118 Å². The molecule has 1 N–H and O–H groups in total. The third-order valence-electron chi connectivity index (χ3n) is 4.66. The average Bonchev–Trinajstić information content (AvgIpc) is 2.42. The fraction of sp³-hybridized carbons (Fsp3) is 0.714. The Bertz CT molecular complexity index is 567. The molecule has 0 radical (unpaired) electrons. The maximum atomic E-state index is 9.68. The Balaban J connectivity index is 2.76. The third-order valence-corrected chi connectivity index (χ3v) is 4.66. The van der Waals surface area contributed by atoms with Crippen molar-refractivity contribution in [3.8, 4) is 18.2 Å². The van der Waals surface area contributed by atoms with Crippen molar-refractivity contribution in [1.29, 1.82) is 21.2 Å². The Morgan fingerprint density at radius 2 is 1.85 bits per heavy atom. The Kier molecular flexibility index (Phi) is 3.00. The maximum absolute atomic E-state index is 9.68. The van der Waals surface area contributed by atoms with Crippen molar-refractivity contribution in [3.63, 3.8) is 0 Å². The molecule has 104 valence electrons. The number of nitriles is 3. The molecular formula is C14H16N4O2. The normalized spacial score (nSPS) is 41.1. The van der Waals surface area contributed by atoms with E-state index in [0.717, 1.165) is 6.42 Å². The molecule has 0 saturated carbocycles. The second-order valence-electron chi connectivity index (χ2n) is 5.52. The van der Waals surface area contributed by atoms with Crippen LogP contribution in [0, 0.1) is 56.2 Å². The number of ether oxygens (including phenoxy) is 2. The molecule has 6 nitrogen and oxygen atoms in total. The van der Waals surface area contributed by atoms with Gasteiger partial charge in [0.05, 0.1) is 30.2 Å². The van der Waals surface area contributed by atoms with Gasteiger partial charge in [0.25, 0.3) is 0 Å². The van der Waals surface area contributed by atoms with E-state index in [4.69, 9.17) is 14.9 Å². The highest BCUT2D eigenvalue weighted by Gasteiger charge is 2.77. The van der Waals surface area contributed by atoms with Crippen LogP contribution in [0.1, 0.15) is 33.6 Å². The first kappa shape index (κ1) is 14.3. The number of nitrogens with one attached hydrogen (secondary N) is 1. The van der Waals surface area contributed by atoms with Crippen molar-refractivity contribution < 1.29 is 9.47 Å². The number of nitrogens with zero attached hydrogens (tertiary/aromatic N) is 3. The van der Waals surface area contributed by atoms with Gasteiger partial charge >= 0.3 is 0 Å². The van der Waals surface area contributed by atoms with Crippen molar-refractivity contribution in [2.75, 3.05) is 0 Å². The van der Waals surface area contributed by atoms with E-state index in [9.17, 15) is 15.8 Å². The van der Waals surface area contributed by atoms with Crippen molar-refractivity contribution in [2.45, 2.75) is 45.5 Å². The summed E-state index contributed by atoms with van der Waals surface area (Å²) < 4.78 is 11.3. The molecule has 3 aliphatic heterocycles.